The molecular weight excluding hydrogens is 635 g/mol. The van der Waals surface area contributed by atoms with Gasteiger partial charge in [0.1, 0.15) is 0 Å². The molecule has 3 aromatic heterocycles. The zero-order valence-electron chi connectivity index (χ0n) is 28.9. The molecule has 0 saturated heterocycles. The van der Waals surface area contributed by atoms with Crippen LogP contribution in [0.2, 0.25) is 0 Å². The van der Waals surface area contributed by atoms with E-state index < -0.39 is 5.54 Å². The fourth-order valence-corrected chi connectivity index (χ4v) is 7.82. The Morgan fingerprint density at radius 3 is 1.85 bits per heavy atom. The Hall–Kier alpha value is -6.72. The van der Waals surface area contributed by atoms with Gasteiger partial charge in [-0.3, -0.25) is 9.97 Å². The molecule has 0 fully saturated rings. The summed E-state index contributed by atoms with van der Waals surface area (Å²) in [4.78, 5) is 13.9. The van der Waals surface area contributed by atoms with Gasteiger partial charge in [0.2, 0.25) is 0 Å². The number of hydrogen-bond acceptors (Lipinski definition) is 4. The fourth-order valence-electron chi connectivity index (χ4n) is 7.82. The Balaban J connectivity index is 1.28. The third kappa shape index (κ3) is 5.62. The van der Waals surface area contributed by atoms with E-state index in [1.807, 2.05) is 36.9 Å². The average molecular weight is 672 g/mol. The van der Waals surface area contributed by atoms with Crippen molar-refractivity contribution in [2.24, 2.45) is 0 Å². The maximum atomic E-state index is 4.58. The highest BCUT2D eigenvalue weighted by Gasteiger charge is 2.37. The number of benzene rings is 5. The summed E-state index contributed by atoms with van der Waals surface area (Å²) in [6.07, 6.45) is 13.1. The number of hydrogen-bond donors (Lipinski definition) is 0. The molecule has 0 N–H and O–H groups in total. The maximum Gasteiger partial charge on any atom is 0.0669 e. The highest BCUT2D eigenvalue weighted by atomic mass is 15.2. The maximum absolute atomic E-state index is 4.58. The van der Waals surface area contributed by atoms with Crippen LogP contribution >= 0.6 is 0 Å². The minimum absolute atomic E-state index is 0.494. The lowest BCUT2D eigenvalue weighted by molar-refractivity contribution is 0.572. The van der Waals surface area contributed by atoms with Crippen molar-refractivity contribution in [1.82, 2.24) is 14.5 Å². The van der Waals surface area contributed by atoms with Crippen molar-refractivity contribution in [3.63, 3.8) is 0 Å². The van der Waals surface area contributed by atoms with Crippen molar-refractivity contribution in [1.29, 1.82) is 0 Å². The lowest BCUT2D eigenvalue weighted by Gasteiger charge is -2.45. The van der Waals surface area contributed by atoms with E-state index in [4.69, 9.17) is 0 Å². The minimum Gasteiger partial charge on any atom is -0.330 e. The van der Waals surface area contributed by atoms with Crippen LogP contribution in [0.5, 0.6) is 0 Å². The summed E-state index contributed by atoms with van der Waals surface area (Å²) in [5.41, 5.74) is 10.7. The van der Waals surface area contributed by atoms with Crippen LogP contribution in [0, 0.1) is 0 Å². The van der Waals surface area contributed by atoms with Crippen LogP contribution in [0.1, 0.15) is 18.9 Å². The van der Waals surface area contributed by atoms with Crippen molar-refractivity contribution in [2.45, 2.75) is 18.9 Å². The van der Waals surface area contributed by atoms with Gasteiger partial charge in [-0.25, -0.2) is 0 Å². The second-order valence-corrected chi connectivity index (χ2v) is 13.5. The van der Waals surface area contributed by atoms with E-state index >= 15 is 0 Å². The van der Waals surface area contributed by atoms with Gasteiger partial charge in [-0.2, -0.15) is 0 Å². The Labute approximate surface area is 304 Å². The fraction of sp³-hybridized carbons (Fsp3) is 0.0638. The first-order valence-electron chi connectivity index (χ1n) is 17.7. The lowest BCUT2D eigenvalue weighted by Crippen LogP contribution is -2.44. The van der Waals surface area contributed by atoms with Crippen LogP contribution in [-0.2, 0) is 0 Å². The Morgan fingerprint density at radius 2 is 1.15 bits per heavy atom. The van der Waals surface area contributed by atoms with Crippen molar-refractivity contribution in [3.8, 4) is 5.69 Å². The van der Waals surface area contributed by atoms with Crippen molar-refractivity contribution >= 4 is 50.1 Å². The summed E-state index contributed by atoms with van der Waals surface area (Å²) >= 11 is 0. The monoisotopic (exact) mass is 671 g/mol. The highest BCUT2D eigenvalue weighted by molar-refractivity contribution is 6.10. The van der Waals surface area contributed by atoms with E-state index in [1.54, 1.807) is 0 Å². The molecule has 5 aromatic carbocycles. The average Bonchev–Trinajstić information content (AvgIpc) is 3.53. The van der Waals surface area contributed by atoms with Crippen LogP contribution in [0.15, 0.2) is 200 Å². The summed E-state index contributed by atoms with van der Waals surface area (Å²) in [7, 11) is 0. The molecule has 5 heteroatoms. The first kappa shape index (κ1) is 31.3. The van der Waals surface area contributed by atoms with Gasteiger partial charge < -0.3 is 14.4 Å². The van der Waals surface area contributed by atoms with Gasteiger partial charge in [0.05, 0.1) is 40.3 Å². The van der Waals surface area contributed by atoms with E-state index in [0.717, 1.165) is 40.6 Å². The van der Waals surface area contributed by atoms with E-state index in [1.165, 1.54) is 32.9 Å². The first-order valence-corrected chi connectivity index (χ1v) is 17.7. The van der Waals surface area contributed by atoms with Gasteiger partial charge in [-0.05, 0) is 109 Å². The van der Waals surface area contributed by atoms with Gasteiger partial charge in [0.25, 0.3) is 0 Å². The Kier molecular flexibility index (Phi) is 7.94. The van der Waals surface area contributed by atoms with E-state index in [-0.39, 0.29) is 0 Å². The normalized spacial score (nSPS) is 15.6. The Bertz CT molecular complexity index is 2460. The molecule has 8 aromatic rings. The number of pyridine rings is 2. The second kappa shape index (κ2) is 13.2. The Morgan fingerprint density at radius 1 is 0.558 bits per heavy atom. The molecule has 1 unspecified atom stereocenters. The van der Waals surface area contributed by atoms with Gasteiger partial charge in [0, 0.05) is 52.3 Å². The molecular formula is C47H37N5. The lowest BCUT2D eigenvalue weighted by atomic mass is 9.81. The second-order valence-electron chi connectivity index (χ2n) is 13.5. The molecule has 1 atom stereocenters. The van der Waals surface area contributed by atoms with E-state index in [2.05, 4.69) is 189 Å². The number of fused-ring (bicyclic) bond motifs is 3. The van der Waals surface area contributed by atoms with Crippen molar-refractivity contribution in [3.05, 3.63) is 206 Å². The van der Waals surface area contributed by atoms with Crippen molar-refractivity contribution < 1.29 is 0 Å². The van der Waals surface area contributed by atoms with Gasteiger partial charge in [0.15, 0.2) is 0 Å². The molecule has 250 valence electrons. The molecule has 0 amide bonds. The largest absolute Gasteiger partial charge is 0.330 e. The third-order valence-corrected chi connectivity index (χ3v) is 9.99. The van der Waals surface area contributed by atoms with Crippen LogP contribution in [0.4, 0.5) is 22.7 Å². The van der Waals surface area contributed by atoms with Crippen LogP contribution in [-0.4, -0.2) is 20.1 Å². The third-order valence-electron chi connectivity index (χ3n) is 9.99. The smallest absolute Gasteiger partial charge is 0.0669 e. The van der Waals surface area contributed by atoms with Gasteiger partial charge in [-0.15, -0.1) is 0 Å². The van der Waals surface area contributed by atoms with Crippen LogP contribution < -0.4 is 9.80 Å². The summed E-state index contributed by atoms with van der Waals surface area (Å²) in [5.74, 6) is 0. The van der Waals surface area contributed by atoms with Crippen LogP contribution in [0.3, 0.4) is 0 Å². The number of anilines is 4. The topological polar surface area (TPSA) is 37.2 Å². The number of rotatable bonds is 8. The standard InChI is InChI=1S/C47H37N5/c1-47(52(39-19-9-4-10-20-39)41-22-14-28-49-34-41)31-36(29-42(32-47)50(37-15-5-2-6-16-37)40-21-13-27-48-33-40)35-25-26-46-44(30-35)43-23-11-12-24-45(43)51(46)38-17-7-3-8-18-38/h2-30,32-34H,31H2,1H3. The number of nitrogens with zero attached hydrogens (tertiary/aromatic N) is 5. The number of aromatic nitrogens is 3. The molecule has 5 nitrogen and oxygen atoms in total. The SMILES string of the molecule is CC1(N(c2ccccc2)c2cccnc2)C=C(N(c2ccccc2)c2cccnc2)C=C(c2ccc3c(c2)c2ccccc2n3-c2ccccc2)C1. The molecule has 1 aliphatic carbocycles. The summed E-state index contributed by atoms with van der Waals surface area (Å²) < 4.78 is 2.37. The summed E-state index contributed by atoms with van der Waals surface area (Å²) in [6, 6.07) is 55.8. The summed E-state index contributed by atoms with van der Waals surface area (Å²) in [6.45, 7) is 2.34. The van der Waals surface area contributed by atoms with Crippen LogP contribution in [0.25, 0.3) is 33.1 Å². The zero-order chi connectivity index (χ0) is 34.9. The number of para-hydroxylation sites is 4. The molecule has 0 bridgehead atoms. The predicted octanol–water partition coefficient (Wildman–Crippen LogP) is 11.7. The summed E-state index contributed by atoms with van der Waals surface area (Å²) in [5, 5.41) is 2.47. The van der Waals surface area contributed by atoms with E-state index in [0.29, 0.717) is 0 Å². The van der Waals surface area contributed by atoms with Gasteiger partial charge in [-0.1, -0.05) is 78.9 Å². The molecule has 0 spiro atoms. The van der Waals surface area contributed by atoms with Gasteiger partial charge >= 0.3 is 0 Å². The molecule has 0 saturated carbocycles. The number of allylic oxidation sites excluding steroid dienone is 1. The quantitative estimate of drug-likeness (QED) is 0.161. The first-order chi connectivity index (χ1) is 25.7. The molecule has 52 heavy (non-hydrogen) atoms. The molecule has 9 rings (SSSR count). The predicted molar refractivity (Wildman–Crippen MR) is 215 cm³/mol. The molecule has 0 aliphatic heterocycles. The molecule has 3 heterocycles. The zero-order valence-corrected chi connectivity index (χ0v) is 28.9. The van der Waals surface area contributed by atoms with E-state index in [9.17, 15) is 0 Å². The molecule has 0 radical (unpaired) electrons. The molecule has 1 aliphatic rings. The van der Waals surface area contributed by atoms with Crippen molar-refractivity contribution in [2.75, 3.05) is 9.80 Å². The minimum atomic E-state index is -0.494. The highest BCUT2D eigenvalue weighted by Crippen LogP contribution is 2.46.